The van der Waals surface area contributed by atoms with Crippen molar-refractivity contribution in [3.8, 4) is 0 Å². The van der Waals surface area contributed by atoms with Crippen LogP contribution >= 0.6 is 0 Å². The molecule has 0 aliphatic heterocycles. The average molecular weight is 319 g/mol. The van der Waals surface area contributed by atoms with Crippen molar-refractivity contribution in [3.05, 3.63) is 50.3 Å². The van der Waals surface area contributed by atoms with E-state index in [1.54, 1.807) is 0 Å². The standard InChI is InChI=1S/C15H21N5O3/c1-10(8-19-12(3)6-11(2)17-19)7-16-14(22)9-20-15(23)5-4-13(21)18-20/h4-6,10H,7-9H2,1-3H3,(H,16,22)(H,18,21). The predicted octanol–water partition coefficient (Wildman–Crippen LogP) is -0.198. The number of H-pyrrole nitrogens is 1. The maximum Gasteiger partial charge on any atom is 0.265 e. The summed E-state index contributed by atoms with van der Waals surface area (Å²) in [6.45, 7) is 6.89. The highest BCUT2D eigenvalue weighted by Gasteiger charge is 2.10. The molecule has 1 atom stereocenters. The molecular weight excluding hydrogens is 298 g/mol. The van der Waals surface area contributed by atoms with Crippen LogP contribution in [0.4, 0.5) is 0 Å². The zero-order valence-corrected chi connectivity index (χ0v) is 13.5. The number of rotatable bonds is 6. The molecule has 23 heavy (non-hydrogen) atoms. The fraction of sp³-hybridized carbons (Fsp3) is 0.467. The van der Waals surface area contributed by atoms with Crippen molar-refractivity contribution >= 4 is 5.91 Å². The van der Waals surface area contributed by atoms with Crippen LogP contribution in [0.1, 0.15) is 18.3 Å². The lowest BCUT2D eigenvalue weighted by atomic mass is 10.2. The van der Waals surface area contributed by atoms with Gasteiger partial charge in [-0.3, -0.25) is 24.2 Å². The highest BCUT2D eigenvalue weighted by atomic mass is 16.2. The van der Waals surface area contributed by atoms with Crippen molar-refractivity contribution in [3.63, 3.8) is 0 Å². The van der Waals surface area contributed by atoms with Crippen molar-refractivity contribution in [2.75, 3.05) is 6.54 Å². The summed E-state index contributed by atoms with van der Waals surface area (Å²) in [5, 5.41) is 9.47. The molecule has 8 nitrogen and oxygen atoms in total. The van der Waals surface area contributed by atoms with Gasteiger partial charge in [-0.2, -0.15) is 5.10 Å². The van der Waals surface area contributed by atoms with Crippen LogP contribution in [0, 0.1) is 19.8 Å². The third-order valence-corrected chi connectivity index (χ3v) is 3.43. The molecule has 0 spiro atoms. The van der Waals surface area contributed by atoms with Gasteiger partial charge in [0.25, 0.3) is 11.1 Å². The molecule has 2 heterocycles. The van der Waals surface area contributed by atoms with E-state index in [0.717, 1.165) is 28.2 Å². The molecule has 2 aromatic heterocycles. The zero-order chi connectivity index (χ0) is 17.0. The van der Waals surface area contributed by atoms with Gasteiger partial charge >= 0.3 is 0 Å². The van der Waals surface area contributed by atoms with Gasteiger partial charge in [0.1, 0.15) is 6.54 Å². The molecule has 124 valence electrons. The molecule has 0 bridgehead atoms. The molecule has 0 aromatic carbocycles. The molecule has 8 heteroatoms. The minimum atomic E-state index is -0.421. The van der Waals surface area contributed by atoms with E-state index in [4.69, 9.17) is 0 Å². The number of amides is 1. The van der Waals surface area contributed by atoms with Crippen molar-refractivity contribution in [2.24, 2.45) is 5.92 Å². The van der Waals surface area contributed by atoms with Crippen molar-refractivity contribution < 1.29 is 4.79 Å². The average Bonchev–Trinajstić information content (AvgIpc) is 2.78. The lowest BCUT2D eigenvalue weighted by Crippen LogP contribution is -2.37. The Hall–Kier alpha value is -2.64. The molecule has 0 radical (unpaired) electrons. The SMILES string of the molecule is Cc1cc(C)n(CC(C)CNC(=O)Cn2[nH]c(=O)ccc2=O)n1. The van der Waals surface area contributed by atoms with Gasteiger partial charge < -0.3 is 5.32 Å². The molecule has 0 aliphatic carbocycles. The highest BCUT2D eigenvalue weighted by molar-refractivity contribution is 5.75. The lowest BCUT2D eigenvalue weighted by Gasteiger charge is -2.14. The fourth-order valence-corrected chi connectivity index (χ4v) is 2.29. The molecule has 2 aromatic rings. The molecular formula is C15H21N5O3. The monoisotopic (exact) mass is 319 g/mol. The molecule has 0 fully saturated rings. The molecule has 2 rings (SSSR count). The van der Waals surface area contributed by atoms with Gasteiger partial charge in [0, 0.05) is 30.9 Å². The van der Waals surface area contributed by atoms with E-state index in [9.17, 15) is 14.4 Å². The second kappa shape index (κ2) is 7.08. The van der Waals surface area contributed by atoms with Gasteiger partial charge in [0.15, 0.2) is 0 Å². The van der Waals surface area contributed by atoms with E-state index in [-0.39, 0.29) is 18.4 Å². The number of carbonyl (C=O) groups is 1. The van der Waals surface area contributed by atoms with Gasteiger partial charge in [0.05, 0.1) is 5.69 Å². The molecule has 0 saturated heterocycles. The number of nitrogens with zero attached hydrogens (tertiary/aromatic N) is 3. The Kier molecular flexibility index (Phi) is 5.15. The minimum Gasteiger partial charge on any atom is -0.354 e. The largest absolute Gasteiger partial charge is 0.354 e. The Morgan fingerprint density at radius 1 is 1.35 bits per heavy atom. The number of nitrogens with one attached hydrogen (secondary N) is 2. The number of hydrogen-bond acceptors (Lipinski definition) is 4. The summed E-state index contributed by atoms with van der Waals surface area (Å²) >= 11 is 0. The van der Waals surface area contributed by atoms with E-state index in [0.29, 0.717) is 13.1 Å². The third kappa shape index (κ3) is 4.67. The molecule has 1 unspecified atom stereocenters. The summed E-state index contributed by atoms with van der Waals surface area (Å²) in [7, 11) is 0. The molecule has 1 amide bonds. The number of aromatic amines is 1. The Morgan fingerprint density at radius 3 is 2.74 bits per heavy atom. The second-order valence-corrected chi connectivity index (χ2v) is 5.75. The summed E-state index contributed by atoms with van der Waals surface area (Å²) in [6.07, 6.45) is 0. The Balaban J connectivity index is 1.86. The first-order chi connectivity index (χ1) is 10.8. The number of aryl methyl sites for hydroxylation is 2. The van der Waals surface area contributed by atoms with Crippen molar-refractivity contribution in [1.82, 2.24) is 24.9 Å². The number of aromatic nitrogens is 4. The van der Waals surface area contributed by atoms with Crippen LogP contribution in [-0.2, 0) is 17.9 Å². The molecule has 0 saturated carbocycles. The van der Waals surface area contributed by atoms with Crippen LogP contribution in [0.3, 0.4) is 0 Å². The first-order valence-electron chi connectivity index (χ1n) is 7.43. The topological polar surface area (TPSA) is 102 Å². The Morgan fingerprint density at radius 2 is 2.09 bits per heavy atom. The van der Waals surface area contributed by atoms with Crippen molar-refractivity contribution in [2.45, 2.75) is 33.9 Å². The maximum atomic E-state index is 11.9. The summed E-state index contributed by atoms with van der Waals surface area (Å²) in [4.78, 5) is 34.6. The first-order valence-corrected chi connectivity index (χ1v) is 7.43. The zero-order valence-electron chi connectivity index (χ0n) is 13.5. The predicted molar refractivity (Wildman–Crippen MR) is 85.2 cm³/mol. The first kappa shape index (κ1) is 16.7. The van der Waals surface area contributed by atoms with Crippen LogP contribution in [0.25, 0.3) is 0 Å². The van der Waals surface area contributed by atoms with Crippen LogP contribution in [0.2, 0.25) is 0 Å². The van der Waals surface area contributed by atoms with Crippen molar-refractivity contribution in [1.29, 1.82) is 0 Å². The summed E-state index contributed by atoms with van der Waals surface area (Å²) in [6, 6.07) is 4.27. The second-order valence-electron chi connectivity index (χ2n) is 5.75. The lowest BCUT2D eigenvalue weighted by molar-refractivity contribution is -0.122. The summed E-state index contributed by atoms with van der Waals surface area (Å²) in [5.74, 6) is -0.141. The Bertz CT molecular complexity index is 802. The third-order valence-electron chi connectivity index (χ3n) is 3.43. The number of carbonyl (C=O) groups excluding carboxylic acids is 1. The van der Waals surface area contributed by atoms with Crippen LogP contribution in [0.5, 0.6) is 0 Å². The molecule has 0 aliphatic rings. The summed E-state index contributed by atoms with van der Waals surface area (Å²) < 4.78 is 2.90. The summed E-state index contributed by atoms with van der Waals surface area (Å²) in [5.41, 5.74) is 1.20. The van der Waals surface area contributed by atoms with E-state index >= 15 is 0 Å². The maximum absolute atomic E-state index is 11.9. The van der Waals surface area contributed by atoms with Crippen LogP contribution < -0.4 is 16.4 Å². The van der Waals surface area contributed by atoms with E-state index in [1.807, 2.05) is 31.5 Å². The minimum absolute atomic E-state index is 0.184. The fourth-order valence-electron chi connectivity index (χ4n) is 2.29. The van der Waals surface area contributed by atoms with E-state index < -0.39 is 11.1 Å². The molecule has 2 N–H and O–H groups in total. The number of hydrogen-bond donors (Lipinski definition) is 2. The van der Waals surface area contributed by atoms with E-state index in [1.165, 1.54) is 0 Å². The van der Waals surface area contributed by atoms with Crippen LogP contribution in [-0.4, -0.2) is 32.0 Å². The van der Waals surface area contributed by atoms with Gasteiger partial charge in [0.2, 0.25) is 5.91 Å². The van der Waals surface area contributed by atoms with E-state index in [2.05, 4.69) is 15.5 Å². The van der Waals surface area contributed by atoms with Crippen LogP contribution in [0.15, 0.2) is 27.8 Å². The smallest absolute Gasteiger partial charge is 0.265 e. The quantitative estimate of drug-likeness (QED) is 0.770. The highest BCUT2D eigenvalue weighted by Crippen LogP contribution is 2.05. The Labute approximate surface area is 133 Å². The van der Waals surface area contributed by atoms with Gasteiger partial charge in [-0.25, -0.2) is 4.68 Å². The normalized spacial score (nSPS) is 12.1. The van der Waals surface area contributed by atoms with Gasteiger partial charge in [-0.1, -0.05) is 6.92 Å². The van der Waals surface area contributed by atoms with Gasteiger partial charge in [-0.05, 0) is 25.8 Å². The van der Waals surface area contributed by atoms with Gasteiger partial charge in [-0.15, -0.1) is 0 Å².